The van der Waals surface area contributed by atoms with Gasteiger partial charge in [-0.05, 0) is 32.1 Å². The van der Waals surface area contributed by atoms with Crippen LogP contribution in [0.1, 0.15) is 129 Å². The van der Waals surface area contributed by atoms with E-state index in [0.717, 1.165) is 18.8 Å². The molecule has 25 heavy (non-hydrogen) atoms. The zero-order valence-electron chi connectivity index (χ0n) is 17.6. The zero-order valence-corrected chi connectivity index (χ0v) is 17.6. The van der Waals surface area contributed by atoms with Crippen LogP contribution in [0.25, 0.3) is 0 Å². The number of hydrogen-bond acceptors (Lipinski definition) is 0. The maximum atomic E-state index is 3.93. The van der Waals surface area contributed by atoms with Crippen molar-refractivity contribution in [2.75, 3.05) is 0 Å². The maximum absolute atomic E-state index is 3.93. The first kappa shape index (κ1) is 24.7. The fourth-order valence-electron chi connectivity index (χ4n) is 3.70. The van der Waals surface area contributed by atoms with Crippen LogP contribution in [0, 0.1) is 19.8 Å². The maximum Gasteiger partial charge on any atom is -0.0351 e. The number of unbranched alkanes of at least 4 members (excludes halogenated alkanes) is 12. The molecule has 0 N–H and O–H groups in total. The summed E-state index contributed by atoms with van der Waals surface area (Å²) in [4.78, 5) is 0. The molecule has 0 fully saturated rings. The molecule has 0 aliphatic heterocycles. The molecule has 0 aromatic rings. The van der Waals surface area contributed by atoms with Crippen LogP contribution in [0.5, 0.6) is 0 Å². The molecule has 0 heterocycles. The Morgan fingerprint density at radius 3 is 1.68 bits per heavy atom. The smallest absolute Gasteiger partial charge is 0.0351 e. The van der Waals surface area contributed by atoms with Crippen molar-refractivity contribution in [2.24, 2.45) is 5.92 Å². The Morgan fingerprint density at radius 2 is 1.12 bits per heavy atom. The number of allylic oxidation sites excluding steroid dienone is 2. The molecule has 0 aromatic carbocycles. The largest absolute Gasteiger partial charge is 0.0885 e. The summed E-state index contributed by atoms with van der Waals surface area (Å²) >= 11 is 0. The Balaban J connectivity index is 3.58. The normalized spacial score (nSPS) is 12.9. The molecular formula is C25H48. The first-order valence-corrected chi connectivity index (χ1v) is 11.6. The summed E-state index contributed by atoms with van der Waals surface area (Å²) in [7, 11) is 0. The lowest BCUT2D eigenvalue weighted by atomic mass is 9.90. The minimum atomic E-state index is 0.940. The SMILES string of the molecule is [CH2]C/C=C/CCCCCCCC(CCCC)CCCCCCCC[CH2]. The fourth-order valence-corrected chi connectivity index (χ4v) is 3.70. The highest BCUT2D eigenvalue weighted by Crippen LogP contribution is 2.24. The van der Waals surface area contributed by atoms with Gasteiger partial charge in [-0.2, -0.15) is 0 Å². The van der Waals surface area contributed by atoms with Gasteiger partial charge < -0.3 is 0 Å². The molecule has 0 aromatic heterocycles. The van der Waals surface area contributed by atoms with Crippen molar-refractivity contribution in [1.29, 1.82) is 0 Å². The van der Waals surface area contributed by atoms with E-state index in [0.29, 0.717) is 0 Å². The highest BCUT2D eigenvalue weighted by molar-refractivity contribution is 4.81. The van der Waals surface area contributed by atoms with Crippen molar-refractivity contribution < 1.29 is 0 Å². The second-order valence-corrected chi connectivity index (χ2v) is 7.88. The lowest BCUT2D eigenvalue weighted by Gasteiger charge is -2.16. The lowest BCUT2D eigenvalue weighted by Crippen LogP contribution is -2.01. The van der Waals surface area contributed by atoms with E-state index in [1.54, 1.807) is 0 Å². The number of rotatable bonds is 20. The van der Waals surface area contributed by atoms with Crippen LogP contribution in [0.4, 0.5) is 0 Å². The van der Waals surface area contributed by atoms with Gasteiger partial charge >= 0.3 is 0 Å². The van der Waals surface area contributed by atoms with Gasteiger partial charge in [0.25, 0.3) is 0 Å². The molecular weight excluding hydrogens is 300 g/mol. The van der Waals surface area contributed by atoms with Crippen LogP contribution in [0.2, 0.25) is 0 Å². The fraction of sp³-hybridized carbons (Fsp3) is 0.840. The van der Waals surface area contributed by atoms with Crippen LogP contribution < -0.4 is 0 Å². The first-order valence-electron chi connectivity index (χ1n) is 11.6. The van der Waals surface area contributed by atoms with Crippen LogP contribution in [0.15, 0.2) is 12.2 Å². The van der Waals surface area contributed by atoms with Crippen molar-refractivity contribution in [3.8, 4) is 0 Å². The Bertz CT molecular complexity index is 253. The van der Waals surface area contributed by atoms with Gasteiger partial charge in [0.1, 0.15) is 0 Å². The third-order valence-corrected chi connectivity index (χ3v) is 5.39. The monoisotopic (exact) mass is 348 g/mol. The molecule has 0 saturated heterocycles. The Morgan fingerprint density at radius 1 is 0.600 bits per heavy atom. The standard InChI is InChI=1S/C25H48/c1-4-7-10-12-14-15-17-19-21-24-25(22-9-6-3)23-20-18-16-13-11-8-5-2/h7,10,25H,1-2,4-6,8-9,11-24H2,3H3/b10-7+. The van der Waals surface area contributed by atoms with E-state index >= 15 is 0 Å². The van der Waals surface area contributed by atoms with Gasteiger partial charge in [-0.25, -0.2) is 0 Å². The van der Waals surface area contributed by atoms with Crippen molar-refractivity contribution in [3.05, 3.63) is 26.0 Å². The second kappa shape index (κ2) is 21.8. The van der Waals surface area contributed by atoms with Crippen LogP contribution in [-0.2, 0) is 0 Å². The van der Waals surface area contributed by atoms with Gasteiger partial charge in [0.2, 0.25) is 0 Å². The molecule has 0 rings (SSSR count). The molecule has 0 aliphatic carbocycles. The molecule has 1 atom stereocenters. The molecule has 0 heteroatoms. The predicted molar refractivity (Wildman–Crippen MR) is 117 cm³/mol. The summed E-state index contributed by atoms with van der Waals surface area (Å²) < 4.78 is 0. The van der Waals surface area contributed by atoms with Crippen molar-refractivity contribution >= 4 is 0 Å². The van der Waals surface area contributed by atoms with E-state index < -0.39 is 0 Å². The molecule has 0 saturated carbocycles. The summed E-state index contributed by atoms with van der Waals surface area (Å²) in [6.07, 6.45) is 30.7. The zero-order chi connectivity index (χ0) is 18.4. The Hall–Kier alpha value is -0.260. The van der Waals surface area contributed by atoms with Gasteiger partial charge in [-0.3, -0.25) is 0 Å². The quantitative estimate of drug-likeness (QED) is 0.152. The van der Waals surface area contributed by atoms with E-state index in [9.17, 15) is 0 Å². The lowest BCUT2D eigenvalue weighted by molar-refractivity contribution is 0.371. The van der Waals surface area contributed by atoms with Crippen LogP contribution in [-0.4, -0.2) is 0 Å². The summed E-state index contributed by atoms with van der Waals surface area (Å²) in [5.41, 5.74) is 0. The van der Waals surface area contributed by atoms with Crippen molar-refractivity contribution in [3.63, 3.8) is 0 Å². The average Bonchev–Trinajstić information content (AvgIpc) is 2.63. The van der Waals surface area contributed by atoms with Crippen LogP contribution >= 0.6 is 0 Å². The van der Waals surface area contributed by atoms with Gasteiger partial charge in [-0.1, -0.05) is 129 Å². The van der Waals surface area contributed by atoms with Gasteiger partial charge in [-0.15, -0.1) is 0 Å². The van der Waals surface area contributed by atoms with Gasteiger partial charge in [0, 0.05) is 0 Å². The minimum absolute atomic E-state index is 0.940. The molecule has 0 amide bonds. The van der Waals surface area contributed by atoms with Gasteiger partial charge in [0.05, 0.1) is 0 Å². The third-order valence-electron chi connectivity index (χ3n) is 5.39. The molecule has 0 aliphatic rings. The minimum Gasteiger partial charge on any atom is -0.0885 e. The first-order chi connectivity index (χ1) is 12.3. The summed E-state index contributed by atoms with van der Waals surface area (Å²) in [6, 6.07) is 0. The summed E-state index contributed by atoms with van der Waals surface area (Å²) in [5.74, 6) is 1.01. The van der Waals surface area contributed by atoms with Gasteiger partial charge in [0.15, 0.2) is 0 Å². The van der Waals surface area contributed by atoms with E-state index in [1.807, 2.05) is 0 Å². The van der Waals surface area contributed by atoms with Crippen molar-refractivity contribution in [2.45, 2.75) is 129 Å². The molecule has 2 radical (unpaired) electrons. The molecule has 0 spiro atoms. The molecule has 1 unspecified atom stereocenters. The number of hydrogen-bond donors (Lipinski definition) is 0. The summed E-state index contributed by atoms with van der Waals surface area (Å²) in [6.45, 7) is 10.1. The summed E-state index contributed by atoms with van der Waals surface area (Å²) in [5, 5.41) is 0. The van der Waals surface area contributed by atoms with E-state index in [-0.39, 0.29) is 0 Å². The average molecular weight is 349 g/mol. The second-order valence-electron chi connectivity index (χ2n) is 7.88. The highest BCUT2D eigenvalue weighted by atomic mass is 14.1. The molecule has 0 bridgehead atoms. The van der Waals surface area contributed by atoms with E-state index in [1.165, 1.54) is 109 Å². The highest BCUT2D eigenvalue weighted by Gasteiger charge is 2.08. The topological polar surface area (TPSA) is 0 Å². The predicted octanol–water partition coefficient (Wildman–Crippen LogP) is 9.26. The third kappa shape index (κ3) is 19.9. The Labute approximate surface area is 161 Å². The molecule has 148 valence electrons. The van der Waals surface area contributed by atoms with Crippen molar-refractivity contribution in [1.82, 2.24) is 0 Å². The Kier molecular flexibility index (Phi) is 21.6. The molecule has 0 nitrogen and oxygen atoms in total. The van der Waals surface area contributed by atoms with E-state index in [2.05, 4.69) is 32.9 Å². The van der Waals surface area contributed by atoms with E-state index in [4.69, 9.17) is 0 Å². The van der Waals surface area contributed by atoms with Crippen LogP contribution in [0.3, 0.4) is 0 Å².